The summed E-state index contributed by atoms with van der Waals surface area (Å²) in [6.07, 6.45) is 13.6. The maximum atomic E-state index is 3.62. The summed E-state index contributed by atoms with van der Waals surface area (Å²) in [4.78, 5) is 0. The summed E-state index contributed by atoms with van der Waals surface area (Å²) < 4.78 is 2.28. The van der Waals surface area contributed by atoms with Crippen LogP contribution in [0.4, 0.5) is 0 Å². The maximum absolute atomic E-state index is 3.62. The monoisotopic (exact) mass is 231 g/mol. The Labute approximate surface area is 106 Å². The first-order valence-electron chi connectivity index (χ1n) is 6.89. The highest BCUT2D eigenvalue weighted by Crippen LogP contribution is 2.10. The van der Waals surface area contributed by atoms with Gasteiger partial charge in [-0.15, -0.1) is 5.73 Å². The molecule has 0 amide bonds. The number of nitrogens with zero attached hydrogens (tertiary/aromatic N) is 1. The van der Waals surface area contributed by atoms with Gasteiger partial charge in [-0.2, -0.15) is 0 Å². The highest BCUT2D eigenvalue weighted by Gasteiger charge is 1.96. The minimum absolute atomic E-state index is 1.12. The minimum atomic E-state index is 1.12. The van der Waals surface area contributed by atoms with Crippen molar-refractivity contribution in [2.75, 3.05) is 0 Å². The zero-order chi connectivity index (χ0) is 12.3. The van der Waals surface area contributed by atoms with Crippen LogP contribution in [-0.2, 0) is 6.54 Å². The Hall–Kier alpha value is -1.20. The van der Waals surface area contributed by atoms with Gasteiger partial charge in [-0.3, -0.25) is 0 Å². The van der Waals surface area contributed by atoms with E-state index in [2.05, 4.69) is 42.1 Å². The van der Waals surface area contributed by atoms with Crippen LogP contribution >= 0.6 is 0 Å². The Bertz CT molecular complexity index is 342. The van der Waals surface area contributed by atoms with Gasteiger partial charge in [-0.25, -0.2) is 0 Å². The molecular weight excluding hydrogens is 206 g/mol. The molecule has 1 heteroatoms. The molecule has 0 aliphatic rings. The second-order valence-electron chi connectivity index (χ2n) is 4.60. The van der Waals surface area contributed by atoms with Crippen LogP contribution in [0.3, 0.4) is 0 Å². The number of aromatic nitrogens is 1. The van der Waals surface area contributed by atoms with Gasteiger partial charge < -0.3 is 4.57 Å². The molecule has 0 aromatic carbocycles. The molecule has 1 nitrogen and oxygen atoms in total. The standard InChI is InChI=1S/C16H25N/c1-3-5-6-7-8-9-10-14-17-15-11-13-16(17)12-4-2/h11-13,15H,2-3,5-10,14H2,1H3. The van der Waals surface area contributed by atoms with Crippen molar-refractivity contribution < 1.29 is 0 Å². The third-order valence-corrected chi connectivity index (χ3v) is 3.12. The van der Waals surface area contributed by atoms with E-state index in [1.54, 1.807) is 0 Å². The quantitative estimate of drug-likeness (QED) is 0.414. The lowest BCUT2D eigenvalue weighted by atomic mass is 10.1. The van der Waals surface area contributed by atoms with E-state index >= 15 is 0 Å². The molecule has 0 saturated heterocycles. The van der Waals surface area contributed by atoms with E-state index in [1.165, 1.54) is 50.6 Å². The lowest BCUT2D eigenvalue weighted by Gasteiger charge is -2.06. The van der Waals surface area contributed by atoms with Gasteiger partial charge in [0.15, 0.2) is 0 Å². The second-order valence-corrected chi connectivity index (χ2v) is 4.60. The molecule has 0 saturated carbocycles. The lowest BCUT2D eigenvalue weighted by Crippen LogP contribution is -1.98. The van der Waals surface area contributed by atoms with Crippen molar-refractivity contribution in [3.05, 3.63) is 36.3 Å². The summed E-state index contributed by atoms with van der Waals surface area (Å²) in [6.45, 7) is 7.00. The van der Waals surface area contributed by atoms with Gasteiger partial charge in [0.2, 0.25) is 0 Å². The van der Waals surface area contributed by atoms with Crippen LogP contribution in [0.1, 0.15) is 57.6 Å². The first kappa shape index (κ1) is 13.9. The fraction of sp³-hybridized carbons (Fsp3) is 0.562. The van der Waals surface area contributed by atoms with E-state index in [-0.39, 0.29) is 0 Å². The molecule has 94 valence electrons. The molecule has 0 radical (unpaired) electrons. The van der Waals surface area contributed by atoms with E-state index < -0.39 is 0 Å². The summed E-state index contributed by atoms with van der Waals surface area (Å²) in [5.74, 6) is 0. The average molecular weight is 231 g/mol. The van der Waals surface area contributed by atoms with E-state index in [0.29, 0.717) is 0 Å². The lowest BCUT2D eigenvalue weighted by molar-refractivity contribution is 0.550. The molecule has 0 aliphatic heterocycles. The Balaban J connectivity index is 2.13. The predicted octanol–water partition coefficient (Wildman–Crippen LogP) is 5.04. The van der Waals surface area contributed by atoms with E-state index in [9.17, 15) is 0 Å². The maximum Gasteiger partial charge on any atom is 0.0484 e. The second kappa shape index (κ2) is 8.90. The molecule has 17 heavy (non-hydrogen) atoms. The van der Waals surface area contributed by atoms with Crippen LogP contribution in [0.5, 0.6) is 0 Å². The summed E-state index contributed by atoms with van der Waals surface area (Å²) in [7, 11) is 0. The van der Waals surface area contributed by atoms with Crippen molar-refractivity contribution in [1.29, 1.82) is 0 Å². The Kier molecular flexibility index (Phi) is 7.25. The van der Waals surface area contributed by atoms with Crippen molar-refractivity contribution in [3.8, 4) is 0 Å². The zero-order valence-electron chi connectivity index (χ0n) is 11.1. The smallest absolute Gasteiger partial charge is 0.0484 e. The molecule has 0 N–H and O–H groups in total. The van der Waals surface area contributed by atoms with Crippen molar-refractivity contribution in [2.45, 2.75) is 58.4 Å². The Morgan fingerprint density at radius 1 is 1.18 bits per heavy atom. The van der Waals surface area contributed by atoms with E-state index in [4.69, 9.17) is 0 Å². The van der Waals surface area contributed by atoms with E-state index in [1.807, 2.05) is 6.08 Å². The molecule has 0 unspecified atom stereocenters. The molecular formula is C16H25N. The van der Waals surface area contributed by atoms with Crippen molar-refractivity contribution in [2.24, 2.45) is 0 Å². The van der Waals surface area contributed by atoms with Gasteiger partial charge >= 0.3 is 0 Å². The Morgan fingerprint density at radius 3 is 2.59 bits per heavy atom. The van der Waals surface area contributed by atoms with Crippen LogP contribution in [0.15, 0.2) is 30.6 Å². The fourth-order valence-corrected chi connectivity index (χ4v) is 2.11. The summed E-state index contributed by atoms with van der Waals surface area (Å²) >= 11 is 0. The van der Waals surface area contributed by atoms with Crippen LogP contribution in [0.25, 0.3) is 6.08 Å². The molecule has 0 atom stereocenters. The predicted molar refractivity (Wildman–Crippen MR) is 76.0 cm³/mol. The van der Waals surface area contributed by atoms with Gasteiger partial charge in [0, 0.05) is 24.5 Å². The third-order valence-electron chi connectivity index (χ3n) is 3.12. The average Bonchev–Trinajstić information content (AvgIpc) is 2.76. The van der Waals surface area contributed by atoms with Crippen LogP contribution in [0, 0.1) is 0 Å². The normalized spacial score (nSPS) is 10.2. The minimum Gasteiger partial charge on any atom is -0.347 e. The fourth-order valence-electron chi connectivity index (χ4n) is 2.11. The molecule has 1 rings (SSSR count). The number of rotatable bonds is 9. The largest absolute Gasteiger partial charge is 0.347 e. The molecule has 0 fully saturated rings. The van der Waals surface area contributed by atoms with Crippen LogP contribution in [-0.4, -0.2) is 4.57 Å². The van der Waals surface area contributed by atoms with Gasteiger partial charge in [0.1, 0.15) is 0 Å². The first-order chi connectivity index (χ1) is 8.38. The highest BCUT2D eigenvalue weighted by atomic mass is 15.0. The van der Waals surface area contributed by atoms with Crippen LogP contribution < -0.4 is 0 Å². The van der Waals surface area contributed by atoms with Gasteiger partial charge in [0.05, 0.1) is 0 Å². The van der Waals surface area contributed by atoms with Crippen LogP contribution in [0.2, 0.25) is 0 Å². The first-order valence-corrected chi connectivity index (χ1v) is 6.89. The van der Waals surface area contributed by atoms with Crippen molar-refractivity contribution in [1.82, 2.24) is 4.57 Å². The summed E-state index contributed by atoms with van der Waals surface area (Å²) in [5.41, 5.74) is 4.05. The highest BCUT2D eigenvalue weighted by molar-refractivity contribution is 5.44. The van der Waals surface area contributed by atoms with Gasteiger partial charge in [-0.05, 0) is 18.6 Å². The van der Waals surface area contributed by atoms with Gasteiger partial charge in [-0.1, -0.05) is 52.0 Å². The number of hydrogen-bond donors (Lipinski definition) is 0. The number of hydrogen-bond acceptors (Lipinski definition) is 0. The SMILES string of the molecule is C=C=Cc1cccn1CCCCCCCCC. The molecule has 0 aliphatic carbocycles. The van der Waals surface area contributed by atoms with E-state index in [0.717, 1.165) is 6.54 Å². The summed E-state index contributed by atoms with van der Waals surface area (Å²) in [6, 6.07) is 4.20. The summed E-state index contributed by atoms with van der Waals surface area (Å²) in [5, 5.41) is 0. The molecule has 1 heterocycles. The number of aryl methyl sites for hydroxylation is 1. The molecule has 1 aromatic rings. The molecule has 1 aromatic heterocycles. The number of unbranched alkanes of at least 4 members (excludes halogenated alkanes) is 6. The van der Waals surface area contributed by atoms with Crippen molar-refractivity contribution in [3.63, 3.8) is 0 Å². The zero-order valence-corrected chi connectivity index (χ0v) is 11.1. The third kappa shape index (κ3) is 5.60. The van der Waals surface area contributed by atoms with Gasteiger partial charge in [0.25, 0.3) is 0 Å². The molecule has 0 bridgehead atoms. The Morgan fingerprint density at radius 2 is 1.88 bits per heavy atom. The van der Waals surface area contributed by atoms with Crippen molar-refractivity contribution >= 4 is 6.08 Å². The topological polar surface area (TPSA) is 4.93 Å². The molecule has 0 spiro atoms.